The van der Waals surface area contributed by atoms with Gasteiger partial charge in [-0.15, -0.1) is 0 Å². The number of hydrogen-bond acceptors (Lipinski definition) is 3. The van der Waals surface area contributed by atoms with Gasteiger partial charge in [-0.3, -0.25) is 0 Å². The smallest absolute Gasteiger partial charge is 0.196 e. The maximum Gasteiger partial charge on any atom is 0.196 e. The molecule has 1 aliphatic heterocycles. The topological polar surface area (TPSA) is 34.4 Å². The van der Waals surface area contributed by atoms with Crippen LogP contribution in [0.5, 0.6) is 5.75 Å². The van der Waals surface area contributed by atoms with Gasteiger partial charge in [0.1, 0.15) is 16.9 Å². The highest BCUT2D eigenvalue weighted by Crippen LogP contribution is 2.44. The van der Waals surface area contributed by atoms with E-state index in [-0.39, 0.29) is 6.23 Å². The number of ether oxygens (including phenoxy) is 1. The Morgan fingerprint density at radius 2 is 1.50 bits per heavy atom. The third-order valence-corrected chi connectivity index (χ3v) is 6.32. The number of hydrogen-bond donors (Lipinski definition) is 1. The van der Waals surface area contributed by atoms with Crippen LogP contribution in [0.1, 0.15) is 11.8 Å². The van der Waals surface area contributed by atoms with E-state index in [0.717, 1.165) is 55.5 Å². The largest absolute Gasteiger partial charge is 0.464 e. The Hall–Kier alpha value is -4.24. The molecule has 3 heteroatoms. The molecule has 0 saturated heterocycles. The molecule has 0 radical (unpaired) electrons. The summed E-state index contributed by atoms with van der Waals surface area (Å²) in [4.78, 5) is 0. The molecule has 0 amide bonds. The van der Waals surface area contributed by atoms with E-state index in [4.69, 9.17) is 9.15 Å². The van der Waals surface area contributed by atoms with Crippen LogP contribution in [-0.4, -0.2) is 0 Å². The second-order valence-corrected chi connectivity index (χ2v) is 8.21. The molecule has 152 valence electrons. The maximum absolute atomic E-state index is 6.25. The Bertz CT molecular complexity index is 1630. The van der Waals surface area contributed by atoms with Gasteiger partial charge in [0, 0.05) is 27.3 Å². The summed E-state index contributed by atoms with van der Waals surface area (Å²) >= 11 is 0. The second kappa shape index (κ2) is 6.63. The van der Waals surface area contributed by atoms with Crippen molar-refractivity contribution in [1.82, 2.24) is 0 Å². The van der Waals surface area contributed by atoms with Crippen molar-refractivity contribution in [2.75, 3.05) is 5.32 Å². The van der Waals surface area contributed by atoms with Crippen molar-refractivity contribution in [2.45, 2.75) is 6.23 Å². The van der Waals surface area contributed by atoms with Gasteiger partial charge in [0.05, 0.1) is 5.69 Å². The predicted octanol–water partition coefficient (Wildman–Crippen LogP) is 7.91. The summed E-state index contributed by atoms with van der Waals surface area (Å²) in [6.07, 6.45) is -0.166. The molecule has 1 N–H and O–H groups in total. The van der Waals surface area contributed by atoms with Gasteiger partial charge in [-0.1, -0.05) is 84.9 Å². The first-order chi connectivity index (χ1) is 15.8. The van der Waals surface area contributed by atoms with Gasteiger partial charge in [0.25, 0.3) is 0 Å². The minimum atomic E-state index is -0.166. The quantitative estimate of drug-likeness (QED) is 0.313. The van der Waals surface area contributed by atoms with Crippen molar-refractivity contribution in [2.24, 2.45) is 0 Å². The van der Waals surface area contributed by atoms with Crippen LogP contribution in [0.3, 0.4) is 0 Å². The zero-order chi connectivity index (χ0) is 21.1. The van der Waals surface area contributed by atoms with Crippen LogP contribution in [0.15, 0.2) is 108 Å². The lowest BCUT2D eigenvalue weighted by molar-refractivity contribution is 0.260. The zero-order valence-electron chi connectivity index (χ0n) is 17.2. The van der Waals surface area contributed by atoms with Gasteiger partial charge >= 0.3 is 0 Å². The number of benzene rings is 5. The summed E-state index contributed by atoms with van der Waals surface area (Å²) in [7, 11) is 0. The predicted molar refractivity (Wildman–Crippen MR) is 130 cm³/mol. The van der Waals surface area contributed by atoms with E-state index >= 15 is 0 Å². The van der Waals surface area contributed by atoms with E-state index in [1.54, 1.807) is 0 Å². The molecule has 6 aromatic rings. The fraction of sp³-hybridized carbons (Fsp3) is 0.0345. The molecule has 2 heterocycles. The number of fused-ring (bicyclic) bond motifs is 6. The molecule has 0 aliphatic carbocycles. The molecular formula is C29H19NO2. The lowest BCUT2D eigenvalue weighted by atomic mass is 9.98. The fourth-order valence-corrected chi connectivity index (χ4v) is 4.77. The average molecular weight is 413 g/mol. The highest BCUT2D eigenvalue weighted by molar-refractivity contribution is 6.10. The van der Waals surface area contributed by atoms with Gasteiger partial charge < -0.3 is 14.5 Å². The molecule has 1 aromatic heterocycles. The maximum atomic E-state index is 6.25. The fourth-order valence-electron chi connectivity index (χ4n) is 4.77. The molecule has 0 fully saturated rings. The molecule has 1 aliphatic rings. The van der Waals surface area contributed by atoms with Crippen LogP contribution in [0.2, 0.25) is 0 Å². The summed E-state index contributed by atoms with van der Waals surface area (Å²) in [5.41, 5.74) is 6.25. The van der Waals surface area contributed by atoms with Crippen LogP contribution in [0.25, 0.3) is 43.8 Å². The number of anilines is 1. The molecule has 7 rings (SSSR count). The SMILES string of the molecule is c1ccc(C2Nc3c(ccc4cc(-c5cccc6c5oc5ccccc56)ccc34)O2)cc1. The minimum Gasteiger partial charge on any atom is -0.464 e. The van der Waals surface area contributed by atoms with Gasteiger partial charge in [-0.05, 0) is 29.1 Å². The Balaban J connectivity index is 1.34. The van der Waals surface area contributed by atoms with E-state index in [1.165, 1.54) is 5.39 Å². The Labute approximate surface area is 184 Å². The van der Waals surface area contributed by atoms with E-state index in [0.29, 0.717) is 0 Å². The van der Waals surface area contributed by atoms with E-state index in [2.05, 4.69) is 78.1 Å². The van der Waals surface area contributed by atoms with Gasteiger partial charge in [0.2, 0.25) is 0 Å². The lowest BCUT2D eigenvalue weighted by Crippen LogP contribution is -2.09. The van der Waals surface area contributed by atoms with Crippen LogP contribution < -0.4 is 10.1 Å². The molecule has 5 aromatic carbocycles. The normalized spacial score (nSPS) is 15.1. The van der Waals surface area contributed by atoms with Crippen LogP contribution >= 0.6 is 0 Å². The first kappa shape index (κ1) is 17.4. The standard InChI is InChI=1S/C29H19NO2/c1-2-7-18(8-3-1)29-30-27-21-15-13-20(17-19(21)14-16-26(27)32-29)22-10-6-11-24-23-9-4-5-12-25(23)31-28(22)24/h1-17,29-30H. The summed E-state index contributed by atoms with van der Waals surface area (Å²) in [5, 5.41) is 8.18. The molecule has 32 heavy (non-hydrogen) atoms. The second-order valence-electron chi connectivity index (χ2n) is 8.21. The summed E-state index contributed by atoms with van der Waals surface area (Å²) in [6, 6.07) is 35.6. The number of rotatable bonds is 2. The Kier molecular flexibility index (Phi) is 3.61. The van der Waals surface area contributed by atoms with Crippen molar-refractivity contribution in [3.63, 3.8) is 0 Å². The minimum absolute atomic E-state index is 0.166. The number of furan rings is 1. The van der Waals surface area contributed by atoms with Gasteiger partial charge in [0.15, 0.2) is 6.23 Å². The molecule has 1 unspecified atom stereocenters. The summed E-state index contributed by atoms with van der Waals surface area (Å²) in [5.74, 6) is 0.887. The van der Waals surface area contributed by atoms with Crippen LogP contribution in [-0.2, 0) is 0 Å². The summed E-state index contributed by atoms with van der Waals surface area (Å²) < 4.78 is 12.4. The first-order valence-electron chi connectivity index (χ1n) is 10.8. The molecular weight excluding hydrogens is 394 g/mol. The number of para-hydroxylation sites is 2. The molecule has 1 atom stereocenters. The van der Waals surface area contributed by atoms with Gasteiger partial charge in [-0.2, -0.15) is 0 Å². The van der Waals surface area contributed by atoms with E-state index in [9.17, 15) is 0 Å². The Morgan fingerprint density at radius 3 is 2.44 bits per heavy atom. The van der Waals surface area contributed by atoms with Crippen LogP contribution in [0, 0.1) is 0 Å². The van der Waals surface area contributed by atoms with Crippen LogP contribution in [0.4, 0.5) is 5.69 Å². The van der Waals surface area contributed by atoms with Crippen molar-refractivity contribution >= 4 is 38.4 Å². The van der Waals surface area contributed by atoms with E-state index < -0.39 is 0 Å². The number of nitrogens with one attached hydrogen (secondary N) is 1. The van der Waals surface area contributed by atoms with Gasteiger partial charge in [-0.25, -0.2) is 0 Å². The molecule has 0 spiro atoms. The van der Waals surface area contributed by atoms with Crippen molar-refractivity contribution < 1.29 is 9.15 Å². The third kappa shape index (κ3) is 2.55. The van der Waals surface area contributed by atoms with Crippen molar-refractivity contribution in [3.8, 4) is 16.9 Å². The molecule has 3 nitrogen and oxygen atoms in total. The molecule has 0 saturated carbocycles. The highest BCUT2D eigenvalue weighted by Gasteiger charge is 2.25. The van der Waals surface area contributed by atoms with Crippen molar-refractivity contribution in [3.05, 3.63) is 109 Å². The lowest BCUT2D eigenvalue weighted by Gasteiger charge is -2.11. The van der Waals surface area contributed by atoms with Crippen molar-refractivity contribution in [1.29, 1.82) is 0 Å². The monoisotopic (exact) mass is 413 g/mol. The average Bonchev–Trinajstić information content (AvgIpc) is 3.46. The zero-order valence-corrected chi connectivity index (χ0v) is 17.2. The first-order valence-corrected chi connectivity index (χ1v) is 10.8. The highest BCUT2D eigenvalue weighted by atomic mass is 16.5. The molecule has 0 bridgehead atoms. The van der Waals surface area contributed by atoms with E-state index in [1.807, 2.05) is 30.3 Å². The third-order valence-electron chi connectivity index (χ3n) is 6.32. The Morgan fingerprint density at radius 1 is 0.656 bits per heavy atom. The summed E-state index contributed by atoms with van der Waals surface area (Å²) in [6.45, 7) is 0.